The molecule has 1 fully saturated rings. The predicted octanol–water partition coefficient (Wildman–Crippen LogP) is 4.65. The minimum Gasteiger partial charge on any atom is -0.356 e. The van der Waals surface area contributed by atoms with Crippen molar-refractivity contribution in [2.45, 2.75) is 25.7 Å². The third kappa shape index (κ3) is 4.64. The predicted molar refractivity (Wildman–Crippen MR) is 117 cm³/mol. The molecule has 1 N–H and O–H groups in total. The lowest BCUT2D eigenvalue weighted by Gasteiger charge is -2.22. The van der Waals surface area contributed by atoms with Crippen LogP contribution in [0.3, 0.4) is 0 Å². The molecule has 1 aliphatic rings. The van der Waals surface area contributed by atoms with E-state index in [2.05, 4.69) is 21.3 Å². The second-order valence-electron chi connectivity index (χ2n) is 7.35. The van der Waals surface area contributed by atoms with Gasteiger partial charge in [-0.2, -0.15) is 5.26 Å². The third-order valence-electron chi connectivity index (χ3n) is 5.16. The second-order valence-corrected chi connectivity index (χ2v) is 7.35. The molecule has 1 amide bonds. The number of benzene rings is 2. The van der Waals surface area contributed by atoms with Gasteiger partial charge in [0.05, 0.1) is 11.6 Å². The first-order valence-electron chi connectivity index (χ1n) is 10.2. The van der Waals surface area contributed by atoms with Gasteiger partial charge in [0.15, 0.2) is 5.82 Å². The van der Waals surface area contributed by atoms with Crippen molar-refractivity contribution in [1.29, 1.82) is 5.26 Å². The summed E-state index contributed by atoms with van der Waals surface area (Å²) in [5.41, 5.74) is 2.24. The molecular formula is C24H23N5O. The molecule has 0 aliphatic carbocycles. The molecule has 0 spiro atoms. The fourth-order valence-electron chi connectivity index (χ4n) is 3.59. The molecule has 1 aliphatic heterocycles. The Hall–Kier alpha value is -3.72. The smallest absolute Gasteiger partial charge is 0.274 e. The van der Waals surface area contributed by atoms with Crippen molar-refractivity contribution in [3.8, 4) is 17.5 Å². The molecule has 6 heteroatoms. The van der Waals surface area contributed by atoms with E-state index in [0.717, 1.165) is 37.3 Å². The van der Waals surface area contributed by atoms with E-state index in [1.807, 2.05) is 30.3 Å². The average molecular weight is 397 g/mol. The van der Waals surface area contributed by atoms with Crippen LogP contribution in [-0.4, -0.2) is 29.0 Å². The summed E-state index contributed by atoms with van der Waals surface area (Å²) in [5.74, 6) is 0.996. The van der Waals surface area contributed by atoms with Gasteiger partial charge in [-0.3, -0.25) is 4.79 Å². The zero-order valence-electron chi connectivity index (χ0n) is 16.7. The molecule has 30 heavy (non-hydrogen) atoms. The largest absolute Gasteiger partial charge is 0.356 e. The van der Waals surface area contributed by atoms with Crippen LogP contribution in [0.2, 0.25) is 0 Å². The van der Waals surface area contributed by atoms with Crippen molar-refractivity contribution in [2.24, 2.45) is 0 Å². The van der Waals surface area contributed by atoms with E-state index in [4.69, 9.17) is 10.2 Å². The lowest BCUT2D eigenvalue weighted by atomic mass is 10.2. The number of nitrogens with one attached hydrogen (secondary N) is 1. The van der Waals surface area contributed by atoms with Crippen LogP contribution in [0.25, 0.3) is 11.4 Å². The summed E-state index contributed by atoms with van der Waals surface area (Å²) in [6.07, 6.45) is 4.67. The molecule has 2 heterocycles. The van der Waals surface area contributed by atoms with Crippen molar-refractivity contribution < 1.29 is 4.79 Å². The fourth-order valence-corrected chi connectivity index (χ4v) is 3.59. The zero-order chi connectivity index (χ0) is 20.8. The van der Waals surface area contributed by atoms with Gasteiger partial charge in [-0.25, -0.2) is 9.97 Å². The number of hydrogen-bond donors (Lipinski definition) is 1. The van der Waals surface area contributed by atoms with Crippen molar-refractivity contribution in [1.82, 2.24) is 9.97 Å². The maximum Gasteiger partial charge on any atom is 0.274 e. The number of amides is 1. The quantitative estimate of drug-likeness (QED) is 0.693. The Morgan fingerprint density at radius 1 is 0.933 bits per heavy atom. The average Bonchev–Trinajstić information content (AvgIpc) is 3.09. The van der Waals surface area contributed by atoms with Crippen molar-refractivity contribution >= 4 is 17.4 Å². The van der Waals surface area contributed by atoms with E-state index in [1.165, 1.54) is 12.8 Å². The van der Waals surface area contributed by atoms with Gasteiger partial charge in [-0.15, -0.1) is 0 Å². The van der Waals surface area contributed by atoms with Gasteiger partial charge in [0, 0.05) is 30.4 Å². The van der Waals surface area contributed by atoms with E-state index >= 15 is 0 Å². The molecule has 1 saturated heterocycles. The Morgan fingerprint density at radius 2 is 1.70 bits per heavy atom. The monoisotopic (exact) mass is 397 g/mol. The Labute approximate surface area is 176 Å². The summed E-state index contributed by atoms with van der Waals surface area (Å²) in [6.45, 7) is 1.85. The third-order valence-corrected chi connectivity index (χ3v) is 5.16. The summed E-state index contributed by atoms with van der Waals surface area (Å²) in [6, 6.07) is 20.4. The number of nitrogens with zero attached hydrogens (tertiary/aromatic N) is 4. The van der Waals surface area contributed by atoms with E-state index in [-0.39, 0.29) is 5.91 Å². The summed E-state index contributed by atoms with van der Waals surface area (Å²) in [5, 5.41) is 11.9. The number of carbonyl (C=O) groups is 1. The summed E-state index contributed by atoms with van der Waals surface area (Å²) in [4.78, 5) is 24.6. The normalized spacial score (nSPS) is 13.9. The fraction of sp³-hybridized carbons (Fsp3) is 0.250. The van der Waals surface area contributed by atoms with Crippen LogP contribution in [0.15, 0.2) is 60.7 Å². The van der Waals surface area contributed by atoms with Crippen LogP contribution in [0.4, 0.5) is 11.5 Å². The number of aromatic nitrogens is 2. The van der Waals surface area contributed by atoms with Gasteiger partial charge in [-0.05, 0) is 31.0 Å². The highest BCUT2D eigenvalue weighted by Crippen LogP contribution is 2.23. The lowest BCUT2D eigenvalue weighted by Crippen LogP contribution is -2.26. The maximum absolute atomic E-state index is 13.0. The minimum absolute atomic E-state index is 0.311. The van der Waals surface area contributed by atoms with E-state index in [0.29, 0.717) is 22.8 Å². The number of anilines is 2. The molecule has 0 saturated carbocycles. The van der Waals surface area contributed by atoms with Crippen LogP contribution in [-0.2, 0) is 0 Å². The molecule has 2 aromatic carbocycles. The van der Waals surface area contributed by atoms with E-state index < -0.39 is 0 Å². The first kappa shape index (κ1) is 19.6. The Bertz CT molecular complexity index is 1070. The first-order chi connectivity index (χ1) is 14.7. The van der Waals surface area contributed by atoms with E-state index in [9.17, 15) is 4.79 Å². The molecule has 0 atom stereocenters. The lowest BCUT2D eigenvalue weighted by molar-refractivity contribution is 0.102. The van der Waals surface area contributed by atoms with Gasteiger partial charge in [0.25, 0.3) is 5.91 Å². The van der Waals surface area contributed by atoms with Crippen LogP contribution >= 0.6 is 0 Å². The van der Waals surface area contributed by atoms with Crippen LogP contribution < -0.4 is 10.2 Å². The van der Waals surface area contributed by atoms with Gasteiger partial charge in [0.2, 0.25) is 0 Å². The molecule has 6 nitrogen and oxygen atoms in total. The van der Waals surface area contributed by atoms with Crippen molar-refractivity contribution in [3.05, 3.63) is 71.9 Å². The highest BCUT2D eigenvalue weighted by atomic mass is 16.1. The van der Waals surface area contributed by atoms with Gasteiger partial charge in [-0.1, -0.05) is 49.2 Å². The van der Waals surface area contributed by atoms with Gasteiger partial charge in [0.1, 0.15) is 11.5 Å². The highest BCUT2D eigenvalue weighted by molar-refractivity contribution is 6.03. The van der Waals surface area contributed by atoms with Gasteiger partial charge < -0.3 is 10.2 Å². The minimum atomic E-state index is -0.319. The van der Waals surface area contributed by atoms with Crippen molar-refractivity contribution in [3.63, 3.8) is 0 Å². The standard InChI is InChI=1S/C24H23N5O/c25-17-18-9-8-12-20(15-18)26-24(30)21-16-22(29-13-6-1-2-7-14-29)28-23(27-21)19-10-4-3-5-11-19/h3-5,8-12,15-16H,1-2,6-7,13-14H2,(H,26,30). The number of nitriles is 1. The molecule has 150 valence electrons. The molecule has 0 unspecified atom stereocenters. The van der Waals surface area contributed by atoms with E-state index in [1.54, 1.807) is 30.3 Å². The number of carbonyl (C=O) groups excluding carboxylic acids is 1. The second kappa shape index (κ2) is 9.19. The molecule has 4 rings (SSSR count). The Kier molecular flexibility index (Phi) is 6.00. The molecule has 0 radical (unpaired) electrons. The first-order valence-corrected chi connectivity index (χ1v) is 10.2. The van der Waals surface area contributed by atoms with Crippen LogP contribution in [0.5, 0.6) is 0 Å². The van der Waals surface area contributed by atoms with Crippen molar-refractivity contribution in [2.75, 3.05) is 23.3 Å². The Balaban J connectivity index is 1.69. The highest BCUT2D eigenvalue weighted by Gasteiger charge is 2.18. The summed E-state index contributed by atoms with van der Waals surface area (Å²) >= 11 is 0. The number of rotatable bonds is 4. The van der Waals surface area contributed by atoms with Crippen LogP contribution in [0, 0.1) is 11.3 Å². The van der Waals surface area contributed by atoms with Crippen LogP contribution in [0.1, 0.15) is 41.7 Å². The summed E-state index contributed by atoms with van der Waals surface area (Å²) in [7, 11) is 0. The Morgan fingerprint density at radius 3 is 2.43 bits per heavy atom. The molecule has 1 aromatic heterocycles. The SMILES string of the molecule is N#Cc1cccc(NC(=O)c2cc(N3CCCCCC3)nc(-c3ccccc3)n2)c1. The maximum atomic E-state index is 13.0. The molecular weight excluding hydrogens is 374 g/mol. The number of hydrogen-bond acceptors (Lipinski definition) is 5. The zero-order valence-corrected chi connectivity index (χ0v) is 16.7. The van der Waals surface area contributed by atoms with Gasteiger partial charge >= 0.3 is 0 Å². The summed E-state index contributed by atoms with van der Waals surface area (Å²) < 4.78 is 0. The molecule has 3 aromatic rings. The topological polar surface area (TPSA) is 81.9 Å². The molecule has 0 bridgehead atoms.